The van der Waals surface area contributed by atoms with E-state index >= 15 is 0 Å². The lowest BCUT2D eigenvalue weighted by atomic mass is 10.1. The number of nitrogens with one attached hydrogen (secondary N) is 1. The summed E-state index contributed by atoms with van der Waals surface area (Å²) in [5.74, 6) is -0.148. The van der Waals surface area contributed by atoms with Gasteiger partial charge >= 0.3 is 0 Å². The normalized spacial score (nSPS) is 11.0. The van der Waals surface area contributed by atoms with Gasteiger partial charge in [0, 0.05) is 18.7 Å². The van der Waals surface area contributed by atoms with Crippen LogP contribution < -0.4 is 10.9 Å². The monoisotopic (exact) mass is 387 g/mol. The molecule has 0 atom stereocenters. The lowest BCUT2D eigenvalue weighted by Gasteiger charge is -2.11. The molecule has 0 saturated carbocycles. The van der Waals surface area contributed by atoms with Crippen LogP contribution in [0.5, 0.6) is 0 Å². The summed E-state index contributed by atoms with van der Waals surface area (Å²) in [7, 11) is 0. The van der Waals surface area contributed by atoms with Crippen LogP contribution in [-0.4, -0.2) is 25.2 Å². The average molecular weight is 387 g/mol. The van der Waals surface area contributed by atoms with Crippen molar-refractivity contribution in [3.05, 3.63) is 82.5 Å². The Morgan fingerprint density at radius 1 is 1.07 bits per heavy atom. The van der Waals surface area contributed by atoms with Gasteiger partial charge in [0.1, 0.15) is 5.39 Å². The molecule has 0 fully saturated rings. The van der Waals surface area contributed by atoms with Crippen molar-refractivity contribution in [2.24, 2.45) is 0 Å². The van der Waals surface area contributed by atoms with E-state index in [9.17, 15) is 9.59 Å². The number of aryl methyl sites for hydroxylation is 2. The van der Waals surface area contributed by atoms with Gasteiger partial charge in [-0.25, -0.2) is 9.67 Å². The fourth-order valence-electron chi connectivity index (χ4n) is 3.19. The van der Waals surface area contributed by atoms with Crippen LogP contribution in [0.3, 0.4) is 0 Å². The first-order chi connectivity index (χ1) is 14.0. The van der Waals surface area contributed by atoms with Gasteiger partial charge in [-0.15, -0.1) is 0 Å². The number of hydrogen-bond acceptors (Lipinski definition) is 4. The van der Waals surface area contributed by atoms with Crippen LogP contribution in [0.15, 0.2) is 65.8 Å². The van der Waals surface area contributed by atoms with Gasteiger partial charge in [-0.3, -0.25) is 14.2 Å². The number of carbonyl (C=O) groups is 1. The minimum absolute atomic E-state index is 0.148. The number of nitrogens with zero attached hydrogens (tertiary/aromatic N) is 4. The van der Waals surface area contributed by atoms with E-state index < -0.39 is 0 Å². The van der Waals surface area contributed by atoms with Crippen LogP contribution in [-0.2, 0) is 11.3 Å². The van der Waals surface area contributed by atoms with Crippen molar-refractivity contribution in [2.75, 3.05) is 5.32 Å². The maximum Gasteiger partial charge on any atom is 0.264 e. The van der Waals surface area contributed by atoms with Crippen LogP contribution in [0.1, 0.15) is 17.5 Å². The van der Waals surface area contributed by atoms with Gasteiger partial charge in [0.25, 0.3) is 5.56 Å². The van der Waals surface area contributed by atoms with Crippen molar-refractivity contribution >= 4 is 22.6 Å². The lowest BCUT2D eigenvalue weighted by molar-refractivity contribution is -0.116. The molecule has 0 aliphatic heterocycles. The molecule has 0 bridgehead atoms. The summed E-state index contributed by atoms with van der Waals surface area (Å²) in [5, 5.41) is 7.63. The van der Waals surface area contributed by atoms with E-state index in [0.717, 1.165) is 22.5 Å². The molecule has 0 aliphatic rings. The van der Waals surface area contributed by atoms with E-state index in [1.165, 1.54) is 17.1 Å². The second-order valence-corrected chi connectivity index (χ2v) is 6.92. The van der Waals surface area contributed by atoms with E-state index in [1.807, 2.05) is 62.4 Å². The lowest BCUT2D eigenvalue weighted by Crippen LogP contribution is -2.23. The fraction of sp³-hybridized carbons (Fsp3) is 0.182. The minimum Gasteiger partial charge on any atom is -0.326 e. The smallest absolute Gasteiger partial charge is 0.264 e. The Labute approximate surface area is 167 Å². The first-order valence-electron chi connectivity index (χ1n) is 9.39. The highest BCUT2D eigenvalue weighted by Gasteiger charge is 2.12. The molecule has 0 aliphatic carbocycles. The van der Waals surface area contributed by atoms with E-state index in [0.29, 0.717) is 11.0 Å². The number of para-hydroxylation sites is 1. The predicted molar refractivity (Wildman–Crippen MR) is 112 cm³/mol. The molecule has 2 aromatic heterocycles. The number of carbonyl (C=O) groups excluding carboxylic acids is 1. The number of rotatable bonds is 5. The van der Waals surface area contributed by atoms with Crippen molar-refractivity contribution < 1.29 is 4.79 Å². The molecule has 1 N–H and O–H groups in total. The number of anilines is 1. The first-order valence-corrected chi connectivity index (χ1v) is 9.39. The molecule has 2 heterocycles. The molecule has 2 aromatic carbocycles. The Balaban J connectivity index is 1.52. The van der Waals surface area contributed by atoms with Crippen LogP contribution in [0.25, 0.3) is 16.7 Å². The molecule has 146 valence electrons. The van der Waals surface area contributed by atoms with Crippen LogP contribution in [0.2, 0.25) is 0 Å². The third-order valence-electron chi connectivity index (χ3n) is 5.01. The Kier molecular flexibility index (Phi) is 4.95. The quantitative estimate of drug-likeness (QED) is 0.570. The Morgan fingerprint density at radius 3 is 2.66 bits per heavy atom. The molecule has 0 saturated heterocycles. The highest BCUT2D eigenvalue weighted by atomic mass is 16.2. The third kappa shape index (κ3) is 3.67. The molecule has 1 amide bonds. The SMILES string of the molecule is Cc1cccc(NC(=O)CCn2cnc3c(cnn3-c3ccccc3)c2=O)c1C. The van der Waals surface area contributed by atoms with Gasteiger partial charge < -0.3 is 5.32 Å². The summed E-state index contributed by atoms with van der Waals surface area (Å²) >= 11 is 0. The van der Waals surface area contributed by atoms with Crippen molar-refractivity contribution in [1.82, 2.24) is 19.3 Å². The zero-order valence-electron chi connectivity index (χ0n) is 16.3. The second-order valence-electron chi connectivity index (χ2n) is 6.92. The summed E-state index contributed by atoms with van der Waals surface area (Å²) in [6.07, 6.45) is 3.16. The molecule has 0 spiro atoms. The van der Waals surface area contributed by atoms with Crippen molar-refractivity contribution in [2.45, 2.75) is 26.8 Å². The molecule has 7 heteroatoms. The molecule has 0 unspecified atom stereocenters. The van der Waals surface area contributed by atoms with Gasteiger partial charge in [0.05, 0.1) is 18.2 Å². The maximum atomic E-state index is 12.8. The molecular weight excluding hydrogens is 366 g/mol. The molecular formula is C22H21N5O2. The first kappa shape index (κ1) is 18.6. The third-order valence-corrected chi connectivity index (χ3v) is 5.01. The average Bonchev–Trinajstić information content (AvgIpc) is 3.16. The molecule has 29 heavy (non-hydrogen) atoms. The van der Waals surface area contributed by atoms with E-state index in [1.54, 1.807) is 4.68 Å². The fourth-order valence-corrected chi connectivity index (χ4v) is 3.19. The summed E-state index contributed by atoms with van der Waals surface area (Å²) in [4.78, 5) is 29.5. The summed E-state index contributed by atoms with van der Waals surface area (Å²) < 4.78 is 3.08. The van der Waals surface area contributed by atoms with Crippen molar-refractivity contribution in [3.63, 3.8) is 0 Å². The number of hydrogen-bond donors (Lipinski definition) is 1. The van der Waals surface area contributed by atoms with Gasteiger partial charge in [0.2, 0.25) is 5.91 Å². The van der Waals surface area contributed by atoms with Gasteiger partial charge in [-0.1, -0.05) is 30.3 Å². The van der Waals surface area contributed by atoms with Gasteiger partial charge in [-0.2, -0.15) is 5.10 Å². The highest BCUT2D eigenvalue weighted by Crippen LogP contribution is 2.18. The predicted octanol–water partition coefficient (Wildman–Crippen LogP) is 3.23. The number of amides is 1. The highest BCUT2D eigenvalue weighted by molar-refractivity contribution is 5.91. The van der Waals surface area contributed by atoms with Crippen LogP contribution >= 0.6 is 0 Å². The van der Waals surface area contributed by atoms with E-state index in [4.69, 9.17) is 0 Å². The van der Waals surface area contributed by atoms with Crippen LogP contribution in [0, 0.1) is 13.8 Å². The number of benzene rings is 2. The molecule has 0 radical (unpaired) electrons. The molecule has 4 aromatic rings. The summed E-state index contributed by atoms with van der Waals surface area (Å²) in [5.41, 5.74) is 4.06. The Morgan fingerprint density at radius 2 is 1.86 bits per heavy atom. The standard InChI is InChI=1S/C22H21N5O2/c1-15-7-6-10-19(16(15)2)25-20(28)11-12-26-14-23-21-18(22(26)29)13-24-27(21)17-8-4-3-5-9-17/h3-10,13-14H,11-12H2,1-2H3,(H,25,28). The van der Waals surface area contributed by atoms with Crippen molar-refractivity contribution in [3.8, 4) is 5.69 Å². The van der Waals surface area contributed by atoms with E-state index in [2.05, 4.69) is 15.4 Å². The zero-order chi connectivity index (χ0) is 20.4. The van der Waals surface area contributed by atoms with E-state index in [-0.39, 0.29) is 24.4 Å². The second kappa shape index (κ2) is 7.71. The topological polar surface area (TPSA) is 81.8 Å². The maximum absolute atomic E-state index is 12.8. The molecule has 4 rings (SSSR count). The zero-order valence-corrected chi connectivity index (χ0v) is 16.3. The largest absolute Gasteiger partial charge is 0.326 e. The summed E-state index contributed by atoms with van der Waals surface area (Å²) in [6.45, 7) is 4.22. The number of aromatic nitrogens is 4. The van der Waals surface area contributed by atoms with Gasteiger partial charge in [-0.05, 0) is 43.2 Å². The van der Waals surface area contributed by atoms with Gasteiger partial charge in [0.15, 0.2) is 5.65 Å². The van der Waals surface area contributed by atoms with Crippen molar-refractivity contribution in [1.29, 1.82) is 0 Å². The Hall–Kier alpha value is -3.74. The summed E-state index contributed by atoms with van der Waals surface area (Å²) in [6, 6.07) is 15.3. The molecule has 7 nitrogen and oxygen atoms in total. The number of fused-ring (bicyclic) bond motifs is 1. The Bertz CT molecular complexity index is 1240. The minimum atomic E-state index is -0.211. The van der Waals surface area contributed by atoms with Crippen LogP contribution in [0.4, 0.5) is 5.69 Å².